The van der Waals surface area contributed by atoms with Crippen molar-refractivity contribution in [3.05, 3.63) is 51.1 Å². The van der Waals surface area contributed by atoms with Gasteiger partial charge in [0.1, 0.15) is 5.42 Å². The van der Waals surface area contributed by atoms with Crippen LogP contribution < -0.4 is 16.3 Å². The minimum absolute atomic E-state index is 0.325. The molecular formula is C10H6O2. The van der Waals surface area contributed by atoms with Crippen LogP contribution in [-0.4, -0.2) is 0 Å². The number of fused-ring (bicyclic) bond motifs is 1. The highest BCUT2D eigenvalue weighted by Crippen LogP contribution is 1.76. The lowest BCUT2D eigenvalue weighted by Crippen LogP contribution is -2.27. The summed E-state index contributed by atoms with van der Waals surface area (Å²) < 4.78 is 4.95. The third kappa shape index (κ3) is 1.16. The van der Waals surface area contributed by atoms with Crippen LogP contribution in [0.25, 0.3) is 12.2 Å². The predicted octanol–water partition coefficient (Wildman–Crippen LogP) is -0.0743. The number of allylic oxidation sites excluding steroid dienone is 1. The highest BCUT2D eigenvalue weighted by molar-refractivity contribution is 5.44. The normalized spacial score (nSPS) is 12.7. The molecule has 1 aromatic rings. The van der Waals surface area contributed by atoms with Crippen molar-refractivity contribution in [3.63, 3.8) is 0 Å². The summed E-state index contributed by atoms with van der Waals surface area (Å²) in [5.41, 5.74) is 3.15. The van der Waals surface area contributed by atoms with E-state index in [9.17, 15) is 4.79 Å². The molecule has 0 fully saturated rings. The van der Waals surface area contributed by atoms with Gasteiger partial charge in [-0.15, -0.1) is 5.73 Å². The Morgan fingerprint density at radius 3 is 2.92 bits per heavy atom. The number of rotatable bonds is 0. The van der Waals surface area contributed by atoms with E-state index in [0.29, 0.717) is 5.42 Å². The average molecular weight is 158 g/mol. The first kappa shape index (κ1) is 6.89. The summed E-state index contributed by atoms with van der Waals surface area (Å²) in [7, 11) is 0. The summed E-state index contributed by atoms with van der Waals surface area (Å²) in [4.78, 5) is 10.8. The molecular weight excluding hydrogens is 152 g/mol. The maximum Gasteiger partial charge on any atom is 0.336 e. The Bertz CT molecular complexity index is 526. The van der Waals surface area contributed by atoms with E-state index in [2.05, 4.69) is 5.73 Å². The Balaban J connectivity index is 2.96. The molecule has 0 amide bonds. The van der Waals surface area contributed by atoms with Gasteiger partial charge in [-0.1, -0.05) is 0 Å². The van der Waals surface area contributed by atoms with Gasteiger partial charge in [0.15, 0.2) is 0 Å². The van der Waals surface area contributed by atoms with Gasteiger partial charge in [-0.2, -0.15) is 0 Å². The number of hydrogen-bond acceptors (Lipinski definition) is 2. The predicted molar refractivity (Wildman–Crippen MR) is 45.8 cm³/mol. The molecule has 12 heavy (non-hydrogen) atoms. The Morgan fingerprint density at radius 2 is 2.00 bits per heavy atom. The summed E-state index contributed by atoms with van der Waals surface area (Å²) in [6.07, 6.45) is 7.06. The molecule has 2 rings (SSSR count). The molecule has 0 saturated carbocycles. The van der Waals surface area contributed by atoms with Crippen molar-refractivity contribution >= 4 is 12.2 Å². The van der Waals surface area contributed by atoms with Crippen molar-refractivity contribution in [2.75, 3.05) is 0 Å². The number of hydrogen-bond donors (Lipinski definition) is 0. The Morgan fingerprint density at radius 1 is 1.17 bits per heavy atom. The van der Waals surface area contributed by atoms with Crippen LogP contribution >= 0.6 is 0 Å². The SMILES string of the molecule is O=c1ccc2c(o1)=CC=C=CC=2. The van der Waals surface area contributed by atoms with Crippen LogP contribution in [0.4, 0.5) is 0 Å². The molecule has 0 aromatic carbocycles. The van der Waals surface area contributed by atoms with E-state index in [1.807, 2.05) is 6.08 Å². The zero-order valence-corrected chi connectivity index (χ0v) is 6.28. The van der Waals surface area contributed by atoms with Crippen LogP contribution in [-0.2, 0) is 0 Å². The largest absolute Gasteiger partial charge is 0.423 e. The highest BCUT2D eigenvalue weighted by atomic mass is 16.4. The van der Waals surface area contributed by atoms with Crippen LogP contribution in [0.3, 0.4) is 0 Å². The molecule has 0 atom stereocenters. The second-order valence-electron chi connectivity index (χ2n) is 2.41. The van der Waals surface area contributed by atoms with Gasteiger partial charge in [-0.3, -0.25) is 0 Å². The van der Waals surface area contributed by atoms with Crippen molar-refractivity contribution in [3.8, 4) is 0 Å². The summed E-state index contributed by atoms with van der Waals surface area (Å²) in [6, 6.07) is 3.14. The molecule has 58 valence electrons. The first-order valence-electron chi connectivity index (χ1n) is 3.59. The van der Waals surface area contributed by atoms with Gasteiger partial charge in [0.2, 0.25) is 0 Å². The molecule has 0 N–H and O–H groups in total. The second-order valence-corrected chi connectivity index (χ2v) is 2.41. The molecule has 1 aliphatic carbocycles. The van der Waals surface area contributed by atoms with E-state index in [-0.39, 0.29) is 5.63 Å². The molecule has 0 saturated heterocycles. The van der Waals surface area contributed by atoms with Gasteiger partial charge >= 0.3 is 5.63 Å². The van der Waals surface area contributed by atoms with Gasteiger partial charge in [-0.05, 0) is 30.4 Å². The maximum absolute atomic E-state index is 10.8. The monoisotopic (exact) mass is 158 g/mol. The minimum Gasteiger partial charge on any atom is -0.423 e. The van der Waals surface area contributed by atoms with Crippen molar-refractivity contribution < 1.29 is 4.42 Å². The molecule has 0 unspecified atom stereocenters. The Hall–Kier alpha value is -1.79. The fourth-order valence-electron chi connectivity index (χ4n) is 1.03. The van der Waals surface area contributed by atoms with Gasteiger partial charge in [0, 0.05) is 11.3 Å². The van der Waals surface area contributed by atoms with Crippen molar-refractivity contribution in [2.24, 2.45) is 0 Å². The zero-order chi connectivity index (χ0) is 8.39. The fraction of sp³-hybridized carbons (Fsp3) is 0. The minimum atomic E-state index is -0.325. The smallest absolute Gasteiger partial charge is 0.336 e. The summed E-state index contributed by atoms with van der Waals surface area (Å²) in [6.45, 7) is 0. The maximum atomic E-state index is 10.8. The lowest BCUT2D eigenvalue weighted by Gasteiger charge is -1.84. The molecule has 1 heterocycles. The van der Waals surface area contributed by atoms with Crippen LogP contribution in [0.15, 0.2) is 39.2 Å². The van der Waals surface area contributed by atoms with Crippen molar-refractivity contribution in [1.29, 1.82) is 0 Å². The third-order valence-electron chi connectivity index (χ3n) is 1.58. The van der Waals surface area contributed by atoms with Gasteiger partial charge in [0.25, 0.3) is 0 Å². The molecule has 1 aromatic heterocycles. The third-order valence-corrected chi connectivity index (χ3v) is 1.58. The quantitative estimate of drug-likeness (QED) is 0.494. The molecule has 2 nitrogen and oxygen atoms in total. The van der Waals surface area contributed by atoms with E-state index in [1.54, 1.807) is 24.3 Å². The highest BCUT2D eigenvalue weighted by Gasteiger charge is 1.88. The van der Waals surface area contributed by atoms with Gasteiger partial charge in [0.05, 0.1) is 0 Å². The average Bonchev–Trinajstić information content (AvgIpc) is 2.28. The van der Waals surface area contributed by atoms with E-state index in [4.69, 9.17) is 4.42 Å². The molecule has 2 heteroatoms. The van der Waals surface area contributed by atoms with Crippen molar-refractivity contribution in [2.45, 2.75) is 0 Å². The first-order chi connectivity index (χ1) is 5.86. The summed E-state index contributed by atoms with van der Waals surface area (Å²) >= 11 is 0. The summed E-state index contributed by atoms with van der Waals surface area (Å²) in [5.74, 6) is 0. The van der Waals surface area contributed by atoms with E-state index >= 15 is 0 Å². The molecule has 0 radical (unpaired) electrons. The molecule has 0 bridgehead atoms. The van der Waals surface area contributed by atoms with E-state index in [1.165, 1.54) is 6.07 Å². The molecule has 0 spiro atoms. The van der Waals surface area contributed by atoms with E-state index < -0.39 is 0 Å². The van der Waals surface area contributed by atoms with Gasteiger partial charge < -0.3 is 4.42 Å². The molecule has 1 aliphatic rings. The van der Waals surface area contributed by atoms with Crippen LogP contribution in [0.2, 0.25) is 0 Å². The fourth-order valence-corrected chi connectivity index (χ4v) is 1.03. The van der Waals surface area contributed by atoms with E-state index in [0.717, 1.165) is 5.22 Å². The second kappa shape index (κ2) is 2.68. The Labute approximate surface area is 68.5 Å². The topological polar surface area (TPSA) is 30.2 Å². The van der Waals surface area contributed by atoms with Crippen LogP contribution in [0, 0.1) is 0 Å². The lowest BCUT2D eigenvalue weighted by molar-refractivity contribution is 0.474. The first-order valence-corrected chi connectivity index (χ1v) is 3.59. The summed E-state index contributed by atoms with van der Waals surface area (Å²) in [5, 5.41) is 0.899. The Kier molecular flexibility index (Phi) is 1.54. The standard InChI is InChI=1S/C10H6O2/c11-10-7-6-8-4-2-1-3-5-9(8)12-10/h2-7H. The molecule has 0 aliphatic heterocycles. The lowest BCUT2D eigenvalue weighted by atomic mass is 10.3. The van der Waals surface area contributed by atoms with Gasteiger partial charge in [-0.25, -0.2) is 4.79 Å². The zero-order valence-electron chi connectivity index (χ0n) is 6.28. The van der Waals surface area contributed by atoms with Crippen LogP contribution in [0.1, 0.15) is 0 Å². The van der Waals surface area contributed by atoms with Crippen LogP contribution in [0.5, 0.6) is 0 Å². The van der Waals surface area contributed by atoms with Crippen molar-refractivity contribution in [1.82, 2.24) is 0 Å².